The maximum Gasteiger partial charge on any atom is 0.324 e. The second kappa shape index (κ2) is 5.71. The Morgan fingerprint density at radius 2 is 2.17 bits per heavy atom. The fraction of sp³-hybridized carbons (Fsp3) is 0.538. The van der Waals surface area contributed by atoms with E-state index in [1.165, 1.54) is 6.26 Å². The summed E-state index contributed by atoms with van der Waals surface area (Å²) in [6.45, 7) is 5.18. The van der Waals surface area contributed by atoms with Crippen LogP contribution in [0.25, 0.3) is 0 Å². The lowest BCUT2D eigenvalue weighted by Gasteiger charge is -2.29. The monoisotopic (exact) mass is 254 g/mol. The van der Waals surface area contributed by atoms with Gasteiger partial charge in [-0.05, 0) is 25.0 Å². The highest BCUT2D eigenvalue weighted by Gasteiger charge is 2.51. The van der Waals surface area contributed by atoms with Crippen LogP contribution in [0.5, 0.6) is 0 Å². The van der Waals surface area contributed by atoms with E-state index >= 15 is 0 Å². The lowest BCUT2D eigenvalue weighted by atomic mass is 9.74. The predicted octanol–water partition coefficient (Wildman–Crippen LogP) is 2.11. The summed E-state index contributed by atoms with van der Waals surface area (Å²) >= 11 is 0. The number of rotatable bonds is 6. The molecule has 18 heavy (non-hydrogen) atoms. The van der Waals surface area contributed by atoms with Crippen molar-refractivity contribution in [2.45, 2.75) is 27.2 Å². The smallest absolute Gasteiger partial charge is 0.324 e. The van der Waals surface area contributed by atoms with Crippen molar-refractivity contribution in [1.29, 1.82) is 0 Å². The third-order valence-electron chi connectivity index (χ3n) is 3.04. The number of esters is 1. The topological polar surface area (TPSA) is 76.7 Å². The third-order valence-corrected chi connectivity index (χ3v) is 3.04. The molecule has 1 heterocycles. The third kappa shape index (κ3) is 2.55. The number of ether oxygens (including phenoxy) is 1. The maximum absolute atomic E-state index is 12.0. The Hall–Kier alpha value is -1.78. The van der Waals surface area contributed by atoms with E-state index < -0.39 is 23.3 Å². The molecule has 0 aliphatic carbocycles. The molecule has 100 valence electrons. The molecule has 1 atom stereocenters. The molecule has 0 aliphatic heterocycles. The second-order valence-electron chi connectivity index (χ2n) is 4.41. The zero-order valence-corrected chi connectivity index (χ0v) is 10.8. The number of carboxylic acid groups (broad SMARTS) is 1. The highest BCUT2D eigenvalue weighted by atomic mass is 16.5. The van der Waals surface area contributed by atoms with Gasteiger partial charge in [-0.3, -0.25) is 9.59 Å². The van der Waals surface area contributed by atoms with Crippen molar-refractivity contribution in [2.75, 3.05) is 6.61 Å². The Morgan fingerprint density at radius 3 is 2.56 bits per heavy atom. The molecule has 1 unspecified atom stereocenters. The predicted molar refractivity (Wildman–Crippen MR) is 64.0 cm³/mol. The number of hydrogen-bond acceptors (Lipinski definition) is 4. The van der Waals surface area contributed by atoms with Crippen LogP contribution in [0.3, 0.4) is 0 Å². The standard InChI is InChI=1S/C13H18O5/c1-4-17-12(16)13(9(2)3,11(14)15)8-10-6-5-7-18-10/h5-7,9H,4,8H2,1-3H3,(H,14,15). The van der Waals surface area contributed by atoms with Gasteiger partial charge in [0.05, 0.1) is 12.9 Å². The van der Waals surface area contributed by atoms with Gasteiger partial charge in [-0.15, -0.1) is 0 Å². The molecule has 0 aromatic carbocycles. The van der Waals surface area contributed by atoms with Crippen LogP contribution in [-0.4, -0.2) is 23.7 Å². The van der Waals surface area contributed by atoms with E-state index in [0.29, 0.717) is 5.76 Å². The molecule has 0 amide bonds. The molecule has 0 aliphatic rings. The molecule has 1 aromatic heterocycles. The fourth-order valence-electron chi connectivity index (χ4n) is 1.87. The van der Waals surface area contributed by atoms with Crippen LogP contribution in [0.1, 0.15) is 26.5 Å². The van der Waals surface area contributed by atoms with Crippen molar-refractivity contribution in [3.8, 4) is 0 Å². The van der Waals surface area contributed by atoms with Crippen molar-refractivity contribution >= 4 is 11.9 Å². The highest BCUT2D eigenvalue weighted by Crippen LogP contribution is 2.34. The minimum Gasteiger partial charge on any atom is -0.480 e. The zero-order chi connectivity index (χ0) is 13.8. The minimum absolute atomic E-state index is 0.00810. The van der Waals surface area contributed by atoms with Crippen molar-refractivity contribution in [2.24, 2.45) is 11.3 Å². The molecule has 5 nitrogen and oxygen atoms in total. The van der Waals surface area contributed by atoms with Gasteiger partial charge < -0.3 is 14.3 Å². The summed E-state index contributed by atoms with van der Waals surface area (Å²) < 4.78 is 10.1. The molecule has 1 rings (SSSR count). The van der Waals surface area contributed by atoms with E-state index in [4.69, 9.17) is 9.15 Å². The average Bonchev–Trinajstić information content (AvgIpc) is 2.77. The van der Waals surface area contributed by atoms with E-state index in [1.54, 1.807) is 32.9 Å². The summed E-state index contributed by atoms with van der Waals surface area (Å²) in [5.74, 6) is -1.85. The Balaban J connectivity index is 3.13. The molecular weight excluding hydrogens is 236 g/mol. The molecule has 0 fully saturated rings. The first-order valence-corrected chi connectivity index (χ1v) is 5.88. The number of hydrogen-bond donors (Lipinski definition) is 1. The van der Waals surface area contributed by atoms with Gasteiger partial charge in [0, 0.05) is 6.42 Å². The van der Waals surface area contributed by atoms with Gasteiger partial charge in [-0.25, -0.2) is 0 Å². The SMILES string of the molecule is CCOC(=O)C(Cc1ccco1)(C(=O)O)C(C)C. The zero-order valence-electron chi connectivity index (χ0n) is 10.8. The summed E-state index contributed by atoms with van der Waals surface area (Å²) in [4.78, 5) is 23.6. The molecular formula is C13H18O5. The minimum atomic E-state index is -1.60. The number of furan rings is 1. The van der Waals surface area contributed by atoms with Gasteiger partial charge >= 0.3 is 11.9 Å². The average molecular weight is 254 g/mol. The lowest BCUT2D eigenvalue weighted by Crippen LogP contribution is -2.46. The Labute approximate surface area is 106 Å². The number of carbonyl (C=O) groups excluding carboxylic acids is 1. The first kappa shape index (κ1) is 14.3. The van der Waals surface area contributed by atoms with Crippen molar-refractivity contribution in [3.05, 3.63) is 24.2 Å². The van der Waals surface area contributed by atoms with E-state index in [0.717, 1.165) is 0 Å². The Bertz CT molecular complexity index is 407. The summed E-state index contributed by atoms with van der Waals surface area (Å²) in [7, 11) is 0. The molecule has 0 saturated heterocycles. The molecule has 0 bridgehead atoms. The molecule has 1 N–H and O–H groups in total. The summed E-state index contributed by atoms with van der Waals surface area (Å²) in [5.41, 5.74) is -1.60. The van der Waals surface area contributed by atoms with E-state index in [-0.39, 0.29) is 13.0 Å². The molecule has 1 aromatic rings. The van der Waals surface area contributed by atoms with Crippen LogP contribution in [0, 0.1) is 11.3 Å². The normalized spacial score (nSPS) is 14.2. The van der Waals surface area contributed by atoms with Crippen molar-refractivity contribution in [1.82, 2.24) is 0 Å². The maximum atomic E-state index is 12.0. The Kier molecular flexibility index (Phi) is 4.53. The summed E-state index contributed by atoms with van der Waals surface area (Å²) in [6.07, 6.45) is 1.44. The first-order valence-electron chi connectivity index (χ1n) is 5.88. The van der Waals surface area contributed by atoms with E-state index in [2.05, 4.69) is 0 Å². The van der Waals surface area contributed by atoms with Gasteiger partial charge in [0.2, 0.25) is 0 Å². The van der Waals surface area contributed by atoms with Gasteiger partial charge in [0.1, 0.15) is 5.76 Å². The van der Waals surface area contributed by atoms with Gasteiger partial charge in [0.15, 0.2) is 5.41 Å². The van der Waals surface area contributed by atoms with Crippen molar-refractivity contribution < 1.29 is 23.8 Å². The van der Waals surface area contributed by atoms with Gasteiger partial charge in [-0.2, -0.15) is 0 Å². The summed E-state index contributed by atoms with van der Waals surface area (Å²) in [5, 5.41) is 9.45. The molecule has 0 spiro atoms. The van der Waals surface area contributed by atoms with Gasteiger partial charge in [0.25, 0.3) is 0 Å². The van der Waals surface area contributed by atoms with E-state index in [9.17, 15) is 14.7 Å². The van der Waals surface area contributed by atoms with Crippen molar-refractivity contribution in [3.63, 3.8) is 0 Å². The van der Waals surface area contributed by atoms with Crippen LogP contribution < -0.4 is 0 Å². The Morgan fingerprint density at radius 1 is 1.50 bits per heavy atom. The van der Waals surface area contributed by atoms with Crippen LogP contribution in [0.15, 0.2) is 22.8 Å². The van der Waals surface area contributed by atoms with Crippen LogP contribution in [-0.2, 0) is 20.7 Å². The number of aliphatic carboxylic acids is 1. The summed E-state index contributed by atoms with van der Waals surface area (Å²) in [6, 6.07) is 3.31. The first-order chi connectivity index (χ1) is 8.45. The molecule has 0 radical (unpaired) electrons. The number of carbonyl (C=O) groups is 2. The quantitative estimate of drug-likeness (QED) is 0.621. The number of carboxylic acids is 1. The highest BCUT2D eigenvalue weighted by molar-refractivity contribution is 5.99. The van der Waals surface area contributed by atoms with Crippen LogP contribution >= 0.6 is 0 Å². The lowest BCUT2D eigenvalue weighted by molar-refractivity contribution is -0.172. The van der Waals surface area contributed by atoms with Crippen LogP contribution in [0.2, 0.25) is 0 Å². The van der Waals surface area contributed by atoms with E-state index in [1.807, 2.05) is 0 Å². The van der Waals surface area contributed by atoms with Gasteiger partial charge in [-0.1, -0.05) is 13.8 Å². The largest absolute Gasteiger partial charge is 0.480 e. The molecule has 5 heteroatoms. The molecule has 0 saturated carbocycles. The van der Waals surface area contributed by atoms with Crippen LogP contribution in [0.4, 0.5) is 0 Å². The fourth-order valence-corrected chi connectivity index (χ4v) is 1.87. The second-order valence-corrected chi connectivity index (χ2v) is 4.41.